The van der Waals surface area contributed by atoms with Crippen LogP contribution in [0.1, 0.15) is 67.2 Å². The molecule has 0 rings (SSSR count). The molecule has 1 atom stereocenters. The standard InChI is InChI=1S/C21H40O5Si/c1-10-24-19(22)18(20(23)25-11-2)15-16(3)13-12-14-17(4)26-27(8,9)21(5,6)7/h17-18H,3,10-15H2,1-2,4-9H3. The third kappa shape index (κ3) is 9.56. The Balaban J connectivity index is 4.54. The van der Waals surface area contributed by atoms with Gasteiger partial charge in [0.05, 0.1) is 13.2 Å². The lowest BCUT2D eigenvalue weighted by molar-refractivity contribution is -0.161. The molecule has 0 aliphatic carbocycles. The smallest absolute Gasteiger partial charge is 0.320 e. The van der Waals surface area contributed by atoms with Crippen molar-refractivity contribution in [3.8, 4) is 0 Å². The first-order valence-electron chi connectivity index (χ1n) is 10.0. The number of allylic oxidation sites excluding steroid dienone is 1. The number of carbonyl (C=O) groups excluding carboxylic acids is 2. The van der Waals surface area contributed by atoms with E-state index in [-0.39, 0.29) is 30.8 Å². The summed E-state index contributed by atoms with van der Waals surface area (Å²) in [6.45, 7) is 21.3. The van der Waals surface area contributed by atoms with E-state index in [9.17, 15) is 9.59 Å². The molecule has 158 valence electrons. The highest BCUT2D eigenvalue weighted by Gasteiger charge is 2.38. The second kappa shape index (κ2) is 11.6. The van der Waals surface area contributed by atoms with E-state index in [1.54, 1.807) is 13.8 Å². The molecule has 0 N–H and O–H groups in total. The minimum absolute atomic E-state index is 0.185. The van der Waals surface area contributed by atoms with E-state index in [1.807, 2.05) is 0 Å². The summed E-state index contributed by atoms with van der Waals surface area (Å²) in [5.74, 6) is -1.99. The van der Waals surface area contributed by atoms with Crippen LogP contribution >= 0.6 is 0 Å². The molecule has 0 saturated heterocycles. The van der Waals surface area contributed by atoms with Crippen LogP contribution in [0.5, 0.6) is 0 Å². The second-order valence-electron chi connectivity index (χ2n) is 8.59. The topological polar surface area (TPSA) is 61.8 Å². The Morgan fingerprint density at radius 1 is 1.04 bits per heavy atom. The van der Waals surface area contributed by atoms with Crippen LogP contribution in [0.15, 0.2) is 12.2 Å². The average molecular weight is 401 g/mol. The summed E-state index contributed by atoms with van der Waals surface area (Å²) in [6.07, 6.45) is 3.04. The Labute approximate surface area is 167 Å². The highest BCUT2D eigenvalue weighted by molar-refractivity contribution is 6.74. The van der Waals surface area contributed by atoms with Crippen molar-refractivity contribution in [1.82, 2.24) is 0 Å². The van der Waals surface area contributed by atoms with E-state index in [1.165, 1.54) is 0 Å². The SMILES string of the molecule is C=C(CCCC(C)O[Si](C)(C)C(C)(C)C)CC(C(=O)OCC)C(=O)OCC. The normalized spacial score (nSPS) is 13.4. The molecule has 0 saturated carbocycles. The van der Waals surface area contributed by atoms with E-state index >= 15 is 0 Å². The van der Waals surface area contributed by atoms with Crippen molar-refractivity contribution in [1.29, 1.82) is 0 Å². The van der Waals surface area contributed by atoms with Gasteiger partial charge in [0.2, 0.25) is 0 Å². The zero-order chi connectivity index (χ0) is 21.3. The monoisotopic (exact) mass is 400 g/mol. The number of esters is 2. The maximum Gasteiger partial charge on any atom is 0.320 e. The van der Waals surface area contributed by atoms with Crippen LogP contribution in [0.2, 0.25) is 18.1 Å². The second-order valence-corrected chi connectivity index (χ2v) is 13.3. The number of rotatable bonds is 12. The summed E-state index contributed by atoms with van der Waals surface area (Å²) < 4.78 is 16.4. The van der Waals surface area contributed by atoms with Gasteiger partial charge in [0, 0.05) is 6.10 Å². The van der Waals surface area contributed by atoms with Gasteiger partial charge in [-0.05, 0) is 64.6 Å². The molecule has 0 heterocycles. The predicted molar refractivity (Wildman–Crippen MR) is 112 cm³/mol. The van der Waals surface area contributed by atoms with Gasteiger partial charge in [0.25, 0.3) is 0 Å². The molecule has 0 aromatic carbocycles. The van der Waals surface area contributed by atoms with E-state index < -0.39 is 26.2 Å². The summed E-state index contributed by atoms with van der Waals surface area (Å²) in [4.78, 5) is 24.1. The van der Waals surface area contributed by atoms with Crippen molar-refractivity contribution >= 4 is 20.3 Å². The summed E-state index contributed by atoms with van der Waals surface area (Å²) in [5.41, 5.74) is 0.862. The highest BCUT2D eigenvalue weighted by atomic mass is 28.4. The van der Waals surface area contributed by atoms with Crippen molar-refractivity contribution in [2.75, 3.05) is 13.2 Å². The van der Waals surface area contributed by atoms with Crippen molar-refractivity contribution in [3.63, 3.8) is 0 Å². The minimum atomic E-state index is -1.76. The Kier molecular flexibility index (Phi) is 11.2. The van der Waals surface area contributed by atoms with E-state index in [0.29, 0.717) is 0 Å². The van der Waals surface area contributed by atoms with E-state index in [4.69, 9.17) is 13.9 Å². The maximum absolute atomic E-state index is 12.0. The zero-order valence-electron chi connectivity index (χ0n) is 18.6. The first-order chi connectivity index (χ1) is 12.4. The fraction of sp³-hybridized carbons (Fsp3) is 0.810. The molecular formula is C21H40O5Si. The van der Waals surface area contributed by atoms with Crippen molar-refractivity contribution in [2.24, 2.45) is 5.92 Å². The highest BCUT2D eigenvalue weighted by Crippen LogP contribution is 2.37. The van der Waals surface area contributed by atoms with Crippen LogP contribution < -0.4 is 0 Å². The third-order valence-electron chi connectivity index (χ3n) is 5.08. The van der Waals surface area contributed by atoms with Crippen LogP contribution in [0.4, 0.5) is 0 Å². The fourth-order valence-corrected chi connectivity index (χ4v) is 3.99. The molecule has 0 amide bonds. The molecule has 5 nitrogen and oxygen atoms in total. The van der Waals surface area contributed by atoms with Crippen LogP contribution in [0, 0.1) is 5.92 Å². The fourth-order valence-electron chi connectivity index (χ4n) is 2.52. The molecule has 0 aliphatic rings. The molecule has 0 aromatic heterocycles. The van der Waals surface area contributed by atoms with Crippen molar-refractivity contribution < 1.29 is 23.5 Å². The quantitative estimate of drug-likeness (QED) is 0.194. The predicted octanol–water partition coefficient (Wildman–Crippen LogP) is 5.26. The maximum atomic E-state index is 12.0. The Morgan fingerprint density at radius 2 is 1.52 bits per heavy atom. The van der Waals surface area contributed by atoms with E-state index in [2.05, 4.69) is 47.4 Å². The van der Waals surface area contributed by atoms with Gasteiger partial charge in [-0.3, -0.25) is 9.59 Å². The Hall–Kier alpha value is -1.14. The molecule has 0 radical (unpaired) electrons. The van der Waals surface area contributed by atoms with Crippen LogP contribution in [0.25, 0.3) is 0 Å². The largest absolute Gasteiger partial charge is 0.465 e. The number of hydrogen-bond donors (Lipinski definition) is 0. The van der Waals surface area contributed by atoms with Gasteiger partial charge in [-0.2, -0.15) is 0 Å². The van der Waals surface area contributed by atoms with Gasteiger partial charge in [-0.1, -0.05) is 32.9 Å². The van der Waals surface area contributed by atoms with Crippen molar-refractivity contribution in [2.45, 2.75) is 91.5 Å². The average Bonchev–Trinajstić information content (AvgIpc) is 2.51. The van der Waals surface area contributed by atoms with Gasteiger partial charge >= 0.3 is 11.9 Å². The first kappa shape index (κ1) is 25.9. The summed E-state index contributed by atoms with van der Waals surface area (Å²) in [7, 11) is -1.76. The zero-order valence-corrected chi connectivity index (χ0v) is 19.6. The molecule has 0 aliphatic heterocycles. The molecule has 0 fully saturated rings. The van der Waals surface area contributed by atoms with Gasteiger partial charge in [0.15, 0.2) is 14.2 Å². The Bertz CT molecular complexity index is 475. The van der Waals surface area contributed by atoms with Crippen LogP contribution in [0.3, 0.4) is 0 Å². The Morgan fingerprint density at radius 3 is 1.93 bits per heavy atom. The van der Waals surface area contributed by atoms with E-state index in [0.717, 1.165) is 24.8 Å². The van der Waals surface area contributed by atoms with Crippen molar-refractivity contribution in [3.05, 3.63) is 12.2 Å². The lowest BCUT2D eigenvalue weighted by Gasteiger charge is -2.38. The van der Waals surface area contributed by atoms with Gasteiger partial charge < -0.3 is 13.9 Å². The number of carbonyl (C=O) groups is 2. The number of ether oxygens (including phenoxy) is 2. The third-order valence-corrected chi connectivity index (χ3v) is 9.68. The summed E-state index contributed by atoms with van der Waals surface area (Å²) in [5, 5.41) is 0.192. The molecule has 1 unspecified atom stereocenters. The minimum Gasteiger partial charge on any atom is -0.465 e. The van der Waals surface area contributed by atoms with Gasteiger partial charge in [-0.25, -0.2) is 0 Å². The molecule has 27 heavy (non-hydrogen) atoms. The van der Waals surface area contributed by atoms with Crippen LogP contribution in [-0.2, 0) is 23.5 Å². The molecular weight excluding hydrogens is 360 g/mol. The molecule has 0 aromatic rings. The summed E-state index contributed by atoms with van der Waals surface area (Å²) in [6, 6.07) is 0. The lowest BCUT2D eigenvalue weighted by atomic mass is 9.96. The molecule has 0 bridgehead atoms. The van der Waals surface area contributed by atoms with Gasteiger partial charge in [0.1, 0.15) is 0 Å². The summed E-state index contributed by atoms with van der Waals surface area (Å²) >= 11 is 0. The first-order valence-corrected chi connectivity index (χ1v) is 12.9. The number of hydrogen-bond acceptors (Lipinski definition) is 5. The van der Waals surface area contributed by atoms with Crippen LogP contribution in [-0.4, -0.2) is 39.6 Å². The molecule has 0 spiro atoms. The molecule has 6 heteroatoms. The lowest BCUT2D eigenvalue weighted by Crippen LogP contribution is -2.43. The van der Waals surface area contributed by atoms with Gasteiger partial charge in [-0.15, -0.1) is 0 Å².